The Bertz CT molecular complexity index is 573. The summed E-state index contributed by atoms with van der Waals surface area (Å²) in [6, 6.07) is 3.76. The van der Waals surface area contributed by atoms with Crippen molar-refractivity contribution in [2.24, 2.45) is 0 Å². The molecule has 2 rings (SSSR count). The van der Waals surface area contributed by atoms with Crippen molar-refractivity contribution >= 4 is 34.7 Å². The van der Waals surface area contributed by atoms with Crippen LogP contribution in [0, 0.1) is 0 Å². The zero-order valence-corrected chi connectivity index (χ0v) is 11.1. The van der Waals surface area contributed by atoms with Gasteiger partial charge in [0.2, 0.25) is 0 Å². The number of anilines is 1. The number of aromatic nitrogens is 2. The Kier molecular flexibility index (Phi) is 3.78. The van der Waals surface area contributed by atoms with Crippen LogP contribution in [0.1, 0.15) is 15.4 Å². The lowest BCUT2D eigenvalue weighted by atomic mass is 10.4. The number of nitrogens with zero attached hydrogens (tertiary/aromatic N) is 3. The molecule has 0 saturated carbocycles. The fourth-order valence-corrected chi connectivity index (χ4v) is 2.54. The van der Waals surface area contributed by atoms with Crippen LogP contribution in [-0.4, -0.2) is 28.1 Å². The molecule has 0 bridgehead atoms. The summed E-state index contributed by atoms with van der Waals surface area (Å²) >= 11 is 7.33. The van der Waals surface area contributed by atoms with Crippen molar-refractivity contribution in [2.45, 2.75) is 6.54 Å². The van der Waals surface area contributed by atoms with Gasteiger partial charge in [-0.3, -0.25) is 4.98 Å². The van der Waals surface area contributed by atoms with Crippen LogP contribution < -0.4 is 4.90 Å². The number of hydrogen-bond acceptors (Lipinski definition) is 5. The van der Waals surface area contributed by atoms with Gasteiger partial charge in [0.05, 0.1) is 23.3 Å². The third-order valence-corrected chi connectivity index (χ3v) is 3.47. The number of carboxylic acids is 1. The SMILES string of the molecule is CN(Cc1ccc(Cl)s1)c1cncc(C(=O)O)n1. The smallest absolute Gasteiger partial charge is 0.356 e. The molecule has 0 radical (unpaired) electrons. The van der Waals surface area contributed by atoms with Gasteiger partial charge in [-0.15, -0.1) is 11.3 Å². The van der Waals surface area contributed by atoms with Gasteiger partial charge in [-0.2, -0.15) is 0 Å². The summed E-state index contributed by atoms with van der Waals surface area (Å²) < 4.78 is 0.726. The molecule has 0 aliphatic rings. The van der Waals surface area contributed by atoms with E-state index >= 15 is 0 Å². The number of aromatic carboxylic acids is 1. The van der Waals surface area contributed by atoms with Crippen LogP contribution in [0.5, 0.6) is 0 Å². The predicted octanol–water partition coefficient (Wildman–Crippen LogP) is 2.53. The molecule has 2 aromatic rings. The summed E-state index contributed by atoms with van der Waals surface area (Å²) in [5.41, 5.74) is -0.0661. The second kappa shape index (κ2) is 5.32. The van der Waals surface area contributed by atoms with Crippen LogP contribution in [-0.2, 0) is 6.54 Å². The first kappa shape index (κ1) is 12.8. The van der Waals surface area contributed by atoms with Crippen molar-refractivity contribution in [3.05, 3.63) is 39.4 Å². The van der Waals surface area contributed by atoms with Crippen LogP contribution in [0.4, 0.5) is 5.82 Å². The molecule has 18 heavy (non-hydrogen) atoms. The zero-order valence-electron chi connectivity index (χ0n) is 9.50. The van der Waals surface area contributed by atoms with Gasteiger partial charge in [0.15, 0.2) is 5.69 Å². The molecule has 94 valence electrons. The van der Waals surface area contributed by atoms with E-state index in [1.54, 1.807) is 0 Å². The molecular weight excluding hydrogens is 274 g/mol. The van der Waals surface area contributed by atoms with E-state index < -0.39 is 5.97 Å². The maximum Gasteiger partial charge on any atom is 0.356 e. The van der Waals surface area contributed by atoms with E-state index in [0.29, 0.717) is 12.4 Å². The highest BCUT2D eigenvalue weighted by atomic mass is 35.5. The van der Waals surface area contributed by atoms with Crippen molar-refractivity contribution in [2.75, 3.05) is 11.9 Å². The van der Waals surface area contributed by atoms with E-state index in [1.165, 1.54) is 23.7 Å². The Labute approximate surface area is 113 Å². The average molecular weight is 284 g/mol. The third-order valence-electron chi connectivity index (χ3n) is 2.25. The minimum Gasteiger partial charge on any atom is -0.476 e. The van der Waals surface area contributed by atoms with Gasteiger partial charge in [-0.05, 0) is 12.1 Å². The maximum atomic E-state index is 10.8. The minimum atomic E-state index is -1.09. The molecule has 0 atom stereocenters. The Morgan fingerprint density at radius 3 is 2.89 bits per heavy atom. The van der Waals surface area contributed by atoms with E-state index in [1.807, 2.05) is 24.1 Å². The molecule has 1 N–H and O–H groups in total. The molecule has 7 heteroatoms. The van der Waals surface area contributed by atoms with E-state index in [2.05, 4.69) is 9.97 Å². The summed E-state index contributed by atoms with van der Waals surface area (Å²) in [6.45, 7) is 0.606. The Hall–Kier alpha value is -1.66. The third kappa shape index (κ3) is 2.96. The molecule has 0 saturated heterocycles. The highest BCUT2D eigenvalue weighted by Gasteiger charge is 2.10. The largest absolute Gasteiger partial charge is 0.476 e. The molecule has 0 unspecified atom stereocenters. The number of rotatable bonds is 4. The van der Waals surface area contributed by atoms with Gasteiger partial charge in [0, 0.05) is 11.9 Å². The van der Waals surface area contributed by atoms with E-state index in [0.717, 1.165) is 9.21 Å². The Balaban J connectivity index is 2.15. The fraction of sp³-hybridized carbons (Fsp3) is 0.182. The first-order valence-corrected chi connectivity index (χ1v) is 6.26. The van der Waals surface area contributed by atoms with Crippen LogP contribution in [0.3, 0.4) is 0 Å². The first-order chi connectivity index (χ1) is 8.56. The van der Waals surface area contributed by atoms with Crippen molar-refractivity contribution in [1.82, 2.24) is 9.97 Å². The number of halogens is 1. The average Bonchev–Trinajstić information content (AvgIpc) is 2.75. The molecule has 0 aliphatic carbocycles. The molecule has 2 aromatic heterocycles. The molecule has 0 spiro atoms. The maximum absolute atomic E-state index is 10.8. The second-order valence-corrected chi connectivity index (χ2v) is 5.43. The van der Waals surface area contributed by atoms with Crippen LogP contribution in [0.2, 0.25) is 4.34 Å². The standard InChI is InChI=1S/C11H10ClN3O2S/c1-15(6-7-2-3-9(12)18-7)10-5-13-4-8(14-10)11(16)17/h2-5H,6H2,1H3,(H,16,17). The lowest BCUT2D eigenvalue weighted by molar-refractivity contribution is 0.0690. The fourth-order valence-electron chi connectivity index (χ4n) is 1.39. The molecular formula is C11H10ClN3O2S. The van der Waals surface area contributed by atoms with E-state index in [-0.39, 0.29) is 5.69 Å². The molecule has 0 fully saturated rings. The molecule has 5 nitrogen and oxygen atoms in total. The first-order valence-electron chi connectivity index (χ1n) is 5.07. The number of thiophene rings is 1. The van der Waals surface area contributed by atoms with Crippen LogP contribution in [0.15, 0.2) is 24.5 Å². The highest BCUT2D eigenvalue weighted by molar-refractivity contribution is 7.16. The van der Waals surface area contributed by atoms with Crippen molar-refractivity contribution in [3.63, 3.8) is 0 Å². The monoisotopic (exact) mass is 283 g/mol. The van der Waals surface area contributed by atoms with Gasteiger partial charge < -0.3 is 10.0 Å². The topological polar surface area (TPSA) is 66.3 Å². The van der Waals surface area contributed by atoms with Gasteiger partial charge in [-0.1, -0.05) is 11.6 Å². The van der Waals surface area contributed by atoms with Crippen molar-refractivity contribution in [3.8, 4) is 0 Å². The lowest BCUT2D eigenvalue weighted by Crippen LogP contribution is -2.18. The molecule has 0 aliphatic heterocycles. The summed E-state index contributed by atoms with van der Waals surface area (Å²) in [5, 5.41) is 8.85. The number of carboxylic acid groups (broad SMARTS) is 1. The molecule has 2 heterocycles. The van der Waals surface area contributed by atoms with Gasteiger partial charge in [0.25, 0.3) is 0 Å². The number of carbonyl (C=O) groups is 1. The minimum absolute atomic E-state index is 0.0661. The van der Waals surface area contributed by atoms with Crippen molar-refractivity contribution < 1.29 is 9.90 Å². The zero-order chi connectivity index (χ0) is 13.1. The normalized spacial score (nSPS) is 10.3. The quantitative estimate of drug-likeness (QED) is 0.934. The summed E-state index contributed by atoms with van der Waals surface area (Å²) in [5.74, 6) is -0.573. The molecule has 0 amide bonds. The van der Waals surface area contributed by atoms with Crippen molar-refractivity contribution in [1.29, 1.82) is 0 Å². The Morgan fingerprint density at radius 2 is 2.28 bits per heavy atom. The van der Waals surface area contributed by atoms with Crippen LogP contribution >= 0.6 is 22.9 Å². The summed E-state index contributed by atoms with van der Waals surface area (Å²) in [6.07, 6.45) is 2.75. The van der Waals surface area contributed by atoms with Gasteiger partial charge in [-0.25, -0.2) is 9.78 Å². The highest BCUT2D eigenvalue weighted by Crippen LogP contribution is 2.23. The molecule has 0 aromatic carbocycles. The Morgan fingerprint density at radius 1 is 1.50 bits per heavy atom. The second-order valence-electron chi connectivity index (χ2n) is 3.63. The van der Waals surface area contributed by atoms with Crippen LogP contribution in [0.25, 0.3) is 0 Å². The van der Waals surface area contributed by atoms with E-state index in [4.69, 9.17) is 16.7 Å². The summed E-state index contributed by atoms with van der Waals surface area (Å²) in [7, 11) is 1.82. The summed E-state index contributed by atoms with van der Waals surface area (Å²) in [4.78, 5) is 21.6. The number of hydrogen-bond donors (Lipinski definition) is 1. The van der Waals surface area contributed by atoms with Gasteiger partial charge in [0.1, 0.15) is 5.82 Å². The predicted molar refractivity (Wildman–Crippen MR) is 70.4 cm³/mol. The van der Waals surface area contributed by atoms with Gasteiger partial charge >= 0.3 is 5.97 Å². The lowest BCUT2D eigenvalue weighted by Gasteiger charge is -2.16. The van der Waals surface area contributed by atoms with E-state index in [9.17, 15) is 4.79 Å².